The molecule has 0 spiro atoms. The summed E-state index contributed by atoms with van der Waals surface area (Å²) >= 11 is 0. The molecule has 0 aliphatic heterocycles. The van der Waals surface area contributed by atoms with E-state index in [0.717, 1.165) is 0 Å². The van der Waals surface area contributed by atoms with Gasteiger partial charge in [-0.05, 0) is 85.9 Å². The second-order valence-electron chi connectivity index (χ2n) is 7.13. The van der Waals surface area contributed by atoms with Crippen LogP contribution in [0, 0.1) is 47.3 Å². The van der Waals surface area contributed by atoms with Gasteiger partial charge in [-0.1, -0.05) is 0 Å². The highest BCUT2D eigenvalue weighted by Gasteiger charge is 2.63. The van der Waals surface area contributed by atoms with E-state index in [-0.39, 0.29) is 0 Å². The van der Waals surface area contributed by atoms with Crippen LogP contribution in [-0.2, 0) is 4.79 Å². The van der Waals surface area contributed by atoms with E-state index in [9.17, 15) is 0 Å². The molecule has 1 heteroatoms. The maximum Gasteiger partial charge on any atom is 0.106 e. The molecule has 16 heavy (non-hydrogen) atoms. The van der Waals surface area contributed by atoms with Crippen LogP contribution in [0.15, 0.2) is 0 Å². The molecule has 7 aliphatic carbocycles. The van der Waals surface area contributed by atoms with Crippen LogP contribution in [0.2, 0.25) is 0 Å². The van der Waals surface area contributed by atoms with Crippen molar-refractivity contribution < 1.29 is 4.79 Å². The Morgan fingerprint density at radius 1 is 0.500 bits per heavy atom. The van der Waals surface area contributed by atoms with E-state index in [1.165, 1.54) is 47.3 Å². The van der Waals surface area contributed by atoms with Gasteiger partial charge in [0.05, 0.1) is 0 Å². The summed E-state index contributed by atoms with van der Waals surface area (Å²) in [6, 6.07) is 0. The first-order chi connectivity index (χ1) is 7.90. The van der Waals surface area contributed by atoms with Gasteiger partial charge in [-0.15, -0.1) is 0 Å². The molecule has 0 radical (unpaired) electrons. The highest BCUT2D eigenvalue weighted by Crippen LogP contribution is 2.71. The number of hydrogen-bond donors (Lipinski definition) is 0. The summed E-state index contributed by atoms with van der Waals surface area (Å²) in [7, 11) is 0. The van der Waals surface area contributed by atoms with E-state index < -0.39 is 0 Å². The maximum atomic E-state index is 8.00. The van der Waals surface area contributed by atoms with Gasteiger partial charge < -0.3 is 4.79 Å². The molecular formula is C15H22O. The first kappa shape index (κ1) is 9.67. The van der Waals surface area contributed by atoms with Gasteiger partial charge in [0.2, 0.25) is 0 Å². The third-order valence-corrected chi connectivity index (χ3v) is 6.93. The molecule has 0 atom stereocenters. The van der Waals surface area contributed by atoms with Crippen LogP contribution in [0.4, 0.5) is 0 Å². The number of carbonyl (C=O) groups excluding carboxylic acids is 1. The molecule has 7 fully saturated rings. The Morgan fingerprint density at radius 3 is 0.875 bits per heavy atom. The molecule has 0 amide bonds. The van der Waals surface area contributed by atoms with Crippen LogP contribution in [0.25, 0.3) is 0 Å². The van der Waals surface area contributed by atoms with Gasteiger partial charge in [0.15, 0.2) is 0 Å². The second-order valence-corrected chi connectivity index (χ2v) is 7.13. The summed E-state index contributed by atoms with van der Waals surface area (Å²) in [6.07, 6.45) is 9.93. The smallest absolute Gasteiger partial charge is 0.106 e. The summed E-state index contributed by atoms with van der Waals surface area (Å²) in [5.74, 6) is 9.74. The Morgan fingerprint density at radius 2 is 0.688 bits per heavy atom. The predicted molar refractivity (Wildman–Crippen MR) is 62.7 cm³/mol. The lowest BCUT2D eigenvalue weighted by Gasteiger charge is -2.69. The van der Waals surface area contributed by atoms with Gasteiger partial charge in [-0.3, -0.25) is 0 Å². The van der Waals surface area contributed by atoms with Crippen LogP contribution >= 0.6 is 0 Å². The van der Waals surface area contributed by atoms with Gasteiger partial charge in [0, 0.05) is 0 Å². The first-order valence-electron chi connectivity index (χ1n) is 7.19. The third kappa shape index (κ3) is 0.966. The van der Waals surface area contributed by atoms with Crippen LogP contribution in [-0.4, -0.2) is 6.79 Å². The molecule has 0 heterocycles. The Labute approximate surface area is 98.0 Å². The van der Waals surface area contributed by atoms with E-state index in [1.807, 2.05) is 6.79 Å². The van der Waals surface area contributed by atoms with Crippen LogP contribution in [0.1, 0.15) is 38.5 Å². The number of hydrogen-bond acceptors (Lipinski definition) is 1. The SMILES string of the molecule is C1C2CC3C4CC5CC(C14)C(C2)C3C5.C=O. The van der Waals surface area contributed by atoms with Crippen molar-refractivity contribution >= 4 is 6.79 Å². The van der Waals surface area contributed by atoms with Gasteiger partial charge in [-0.2, -0.15) is 0 Å². The van der Waals surface area contributed by atoms with Crippen LogP contribution in [0.3, 0.4) is 0 Å². The molecule has 0 aromatic carbocycles. The molecule has 7 aliphatic rings. The average Bonchev–Trinajstić information content (AvgIpc) is 2.37. The monoisotopic (exact) mass is 218 g/mol. The van der Waals surface area contributed by atoms with Gasteiger partial charge in [0.25, 0.3) is 0 Å². The van der Waals surface area contributed by atoms with Crippen molar-refractivity contribution in [3.8, 4) is 0 Å². The Kier molecular flexibility index (Phi) is 1.88. The molecular weight excluding hydrogens is 196 g/mol. The second kappa shape index (κ2) is 3.11. The molecule has 0 aromatic rings. The molecule has 7 rings (SSSR count). The minimum absolute atomic E-state index is 1.19. The third-order valence-electron chi connectivity index (χ3n) is 6.93. The standard InChI is InChI=1S/C14H20.CH2O/c1-7-2-12-10-4-8-5-11(9(1)10)13(3-7)14(12)6-8;1-2/h7-14H,1-6H2;1H2. The van der Waals surface area contributed by atoms with Gasteiger partial charge in [-0.25, -0.2) is 0 Å². The molecule has 8 bridgehead atoms. The Balaban J connectivity index is 0.000000345. The molecule has 7 saturated carbocycles. The minimum Gasteiger partial charge on any atom is -0.307 e. The maximum absolute atomic E-state index is 8.00. The summed E-state index contributed by atoms with van der Waals surface area (Å²) in [5.41, 5.74) is 0. The van der Waals surface area contributed by atoms with Crippen molar-refractivity contribution in [1.82, 2.24) is 0 Å². The van der Waals surface area contributed by atoms with E-state index >= 15 is 0 Å². The predicted octanol–water partition coefficient (Wildman–Crippen LogP) is 3.14. The van der Waals surface area contributed by atoms with Crippen molar-refractivity contribution in [3.63, 3.8) is 0 Å². The molecule has 0 N–H and O–H groups in total. The summed E-state index contributed by atoms with van der Waals surface area (Å²) in [6.45, 7) is 2.00. The van der Waals surface area contributed by atoms with Gasteiger partial charge in [0.1, 0.15) is 6.79 Å². The van der Waals surface area contributed by atoms with E-state index in [0.29, 0.717) is 0 Å². The zero-order chi connectivity index (χ0) is 10.9. The summed E-state index contributed by atoms with van der Waals surface area (Å²) < 4.78 is 0. The van der Waals surface area contributed by atoms with Crippen molar-refractivity contribution in [3.05, 3.63) is 0 Å². The number of rotatable bonds is 0. The molecule has 88 valence electrons. The fourth-order valence-electron chi connectivity index (χ4n) is 6.89. The largest absolute Gasteiger partial charge is 0.307 e. The first-order valence-corrected chi connectivity index (χ1v) is 7.19. The Hall–Kier alpha value is -0.330. The van der Waals surface area contributed by atoms with Crippen molar-refractivity contribution in [1.29, 1.82) is 0 Å². The normalized spacial score (nSPS) is 63.2. The van der Waals surface area contributed by atoms with Crippen molar-refractivity contribution in [2.24, 2.45) is 47.3 Å². The zero-order valence-electron chi connectivity index (χ0n) is 9.98. The zero-order valence-corrected chi connectivity index (χ0v) is 9.98. The quantitative estimate of drug-likeness (QED) is 0.610. The highest BCUT2D eigenvalue weighted by molar-refractivity contribution is 5.12. The van der Waals surface area contributed by atoms with E-state index in [2.05, 4.69) is 0 Å². The number of carbonyl (C=O) groups is 1. The van der Waals surface area contributed by atoms with Crippen LogP contribution < -0.4 is 0 Å². The highest BCUT2D eigenvalue weighted by atomic mass is 16.1. The topological polar surface area (TPSA) is 17.1 Å². The summed E-state index contributed by atoms with van der Waals surface area (Å²) in [5, 5.41) is 0. The molecule has 0 aromatic heterocycles. The molecule has 0 unspecified atom stereocenters. The lowest BCUT2D eigenvalue weighted by atomic mass is 9.36. The van der Waals surface area contributed by atoms with Crippen LogP contribution in [0.5, 0.6) is 0 Å². The average molecular weight is 218 g/mol. The molecule has 0 saturated heterocycles. The molecule has 1 nitrogen and oxygen atoms in total. The van der Waals surface area contributed by atoms with Gasteiger partial charge >= 0.3 is 0 Å². The Bertz CT molecular complexity index is 223. The minimum atomic E-state index is 1.19. The fourth-order valence-corrected chi connectivity index (χ4v) is 6.89. The van der Waals surface area contributed by atoms with E-state index in [4.69, 9.17) is 4.79 Å². The summed E-state index contributed by atoms with van der Waals surface area (Å²) in [4.78, 5) is 8.00. The van der Waals surface area contributed by atoms with Crippen molar-refractivity contribution in [2.45, 2.75) is 38.5 Å². The fraction of sp³-hybridized carbons (Fsp3) is 0.933. The lowest BCUT2D eigenvalue weighted by Crippen LogP contribution is -2.62. The van der Waals surface area contributed by atoms with E-state index in [1.54, 1.807) is 38.5 Å². The lowest BCUT2D eigenvalue weighted by molar-refractivity contribution is -0.202. The van der Waals surface area contributed by atoms with Crippen molar-refractivity contribution in [2.75, 3.05) is 0 Å².